The average Bonchev–Trinajstić information content (AvgIpc) is 3.45. The van der Waals surface area contributed by atoms with Crippen LogP contribution in [0.2, 0.25) is 0 Å². The molecule has 1 atom stereocenters. The van der Waals surface area contributed by atoms with Crippen LogP contribution in [0.15, 0.2) is 42.5 Å². The molecule has 1 aliphatic heterocycles. The van der Waals surface area contributed by atoms with E-state index in [2.05, 4.69) is 23.3 Å². The molecule has 0 spiro atoms. The highest BCUT2D eigenvalue weighted by Gasteiger charge is 2.39. The molecule has 0 saturated heterocycles. The van der Waals surface area contributed by atoms with Gasteiger partial charge in [-0.25, -0.2) is 9.37 Å². The quantitative estimate of drug-likeness (QED) is 0.613. The van der Waals surface area contributed by atoms with Gasteiger partial charge in [0.1, 0.15) is 5.82 Å². The Morgan fingerprint density at radius 3 is 2.71 bits per heavy atom. The number of amides is 2. The topological polar surface area (TPSA) is 62.3 Å². The van der Waals surface area contributed by atoms with Crippen molar-refractivity contribution in [2.45, 2.75) is 39.2 Å². The van der Waals surface area contributed by atoms with Gasteiger partial charge in [0.2, 0.25) is 5.91 Å². The zero-order valence-electron chi connectivity index (χ0n) is 17.3. The lowest BCUT2D eigenvalue weighted by Gasteiger charge is -2.22. The van der Waals surface area contributed by atoms with Gasteiger partial charge in [0.15, 0.2) is 5.13 Å². The molecule has 158 valence electrons. The molecule has 2 amide bonds. The molecule has 1 N–H and O–H groups in total. The first-order valence-electron chi connectivity index (χ1n) is 10.4. The standard InChI is InChI=1S/C24H22FN3O2S/c1-13-11-17-12-16(9-10-20(17)28(13)23(30)15-7-8-15)21-14(2)31-24(26-21)27-22(29)18-5-3-4-6-19(18)25/h3-6,9-10,12-13,15H,7-8,11H2,1-2H3,(H,26,27,29)/t13-/m1/s1. The van der Waals surface area contributed by atoms with Crippen LogP contribution in [0.1, 0.15) is 40.6 Å². The molecule has 31 heavy (non-hydrogen) atoms. The van der Waals surface area contributed by atoms with Gasteiger partial charge in [0, 0.05) is 28.1 Å². The average molecular weight is 436 g/mol. The number of aromatic nitrogens is 1. The summed E-state index contributed by atoms with van der Waals surface area (Å²) in [6.07, 6.45) is 2.81. The van der Waals surface area contributed by atoms with E-state index in [1.165, 1.54) is 23.5 Å². The Morgan fingerprint density at radius 2 is 1.97 bits per heavy atom. The lowest BCUT2D eigenvalue weighted by atomic mass is 10.0. The molecule has 5 rings (SSSR count). The summed E-state index contributed by atoms with van der Waals surface area (Å²) in [4.78, 5) is 32.6. The Morgan fingerprint density at radius 1 is 1.19 bits per heavy atom. The van der Waals surface area contributed by atoms with E-state index in [-0.39, 0.29) is 23.4 Å². The maximum Gasteiger partial charge on any atom is 0.260 e. The maximum absolute atomic E-state index is 13.9. The van der Waals surface area contributed by atoms with Crippen LogP contribution in [0.25, 0.3) is 11.3 Å². The Labute approximate surface area is 183 Å². The van der Waals surface area contributed by atoms with Gasteiger partial charge >= 0.3 is 0 Å². The Hall–Kier alpha value is -3.06. The van der Waals surface area contributed by atoms with Gasteiger partial charge in [-0.1, -0.05) is 18.2 Å². The zero-order valence-corrected chi connectivity index (χ0v) is 18.1. The summed E-state index contributed by atoms with van der Waals surface area (Å²) in [6.45, 7) is 4.04. The number of hydrogen-bond donors (Lipinski definition) is 1. The number of rotatable bonds is 4. The van der Waals surface area contributed by atoms with E-state index >= 15 is 0 Å². The number of anilines is 2. The van der Waals surface area contributed by atoms with Crippen molar-refractivity contribution in [2.24, 2.45) is 5.92 Å². The smallest absolute Gasteiger partial charge is 0.260 e. The summed E-state index contributed by atoms with van der Waals surface area (Å²) in [6, 6.07) is 12.1. The van der Waals surface area contributed by atoms with Crippen LogP contribution in [-0.2, 0) is 11.2 Å². The molecule has 3 aromatic rings. The fourth-order valence-electron chi connectivity index (χ4n) is 4.17. The highest BCUT2D eigenvalue weighted by molar-refractivity contribution is 7.16. The Kier molecular flexibility index (Phi) is 4.85. The molecular formula is C24H22FN3O2S. The molecule has 5 nitrogen and oxygen atoms in total. The highest BCUT2D eigenvalue weighted by atomic mass is 32.1. The van der Waals surface area contributed by atoms with E-state index < -0.39 is 11.7 Å². The van der Waals surface area contributed by atoms with E-state index in [0.29, 0.717) is 5.13 Å². The van der Waals surface area contributed by atoms with E-state index in [1.54, 1.807) is 12.1 Å². The SMILES string of the molecule is Cc1sc(NC(=O)c2ccccc2F)nc1-c1ccc2c(c1)C[C@@H](C)N2C(=O)C1CC1. The van der Waals surface area contributed by atoms with Crippen molar-refractivity contribution in [3.63, 3.8) is 0 Å². The summed E-state index contributed by atoms with van der Waals surface area (Å²) in [7, 11) is 0. The van der Waals surface area contributed by atoms with Crippen LogP contribution in [-0.4, -0.2) is 22.8 Å². The lowest BCUT2D eigenvalue weighted by Crippen LogP contribution is -2.36. The van der Waals surface area contributed by atoms with Crippen molar-refractivity contribution in [3.05, 3.63) is 64.3 Å². The number of carbonyl (C=O) groups is 2. The van der Waals surface area contributed by atoms with Crippen molar-refractivity contribution >= 4 is 34.0 Å². The minimum atomic E-state index is -0.563. The fourth-order valence-corrected chi connectivity index (χ4v) is 5.00. The number of benzene rings is 2. The minimum Gasteiger partial charge on any atom is -0.309 e. The number of carbonyl (C=O) groups excluding carboxylic acids is 2. The van der Waals surface area contributed by atoms with Gasteiger partial charge in [-0.15, -0.1) is 11.3 Å². The molecule has 0 unspecified atom stereocenters. The van der Waals surface area contributed by atoms with Crippen LogP contribution in [0, 0.1) is 18.7 Å². The van der Waals surface area contributed by atoms with Crippen molar-refractivity contribution in [1.82, 2.24) is 4.98 Å². The molecular weight excluding hydrogens is 413 g/mol. The molecule has 1 aliphatic carbocycles. The maximum atomic E-state index is 13.9. The first-order valence-corrected chi connectivity index (χ1v) is 11.2. The molecule has 0 bridgehead atoms. The summed E-state index contributed by atoms with van der Waals surface area (Å²) < 4.78 is 13.9. The third kappa shape index (κ3) is 3.63. The number of aryl methyl sites for hydroxylation is 1. The number of nitrogens with zero attached hydrogens (tertiary/aromatic N) is 2. The predicted octanol–water partition coefficient (Wildman–Crippen LogP) is 5.20. The van der Waals surface area contributed by atoms with Gasteiger partial charge < -0.3 is 4.90 Å². The Bertz CT molecular complexity index is 1200. The van der Waals surface area contributed by atoms with Crippen LogP contribution in [0.3, 0.4) is 0 Å². The summed E-state index contributed by atoms with van der Waals surface area (Å²) >= 11 is 1.36. The molecule has 0 radical (unpaired) electrons. The zero-order chi connectivity index (χ0) is 21.7. The van der Waals surface area contributed by atoms with Crippen LogP contribution in [0.4, 0.5) is 15.2 Å². The van der Waals surface area contributed by atoms with Gasteiger partial charge in [-0.3, -0.25) is 14.9 Å². The van der Waals surface area contributed by atoms with Crippen molar-refractivity contribution in [1.29, 1.82) is 0 Å². The normalized spacial score (nSPS) is 17.5. The largest absolute Gasteiger partial charge is 0.309 e. The number of hydrogen-bond acceptors (Lipinski definition) is 4. The van der Waals surface area contributed by atoms with Gasteiger partial charge in [-0.2, -0.15) is 0 Å². The van der Waals surface area contributed by atoms with Crippen LogP contribution >= 0.6 is 11.3 Å². The second-order valence-corrected chi connectivity index (χ2v) is 9.44. The number of fused-ring (bicyclic) bond motifs is 1. The number of nitrogens with one attached hydrogen (secondary N) is 1. The first kappa shape index (κ1) is 19.9. The minimum absolute atomic E-state index is 0.0103. The fraction of sp³-hybridized carbons (Fsp3) is 0.292. The van der Waals surface area contributed by atoms with Crippen molar-refractivity contribution in [2.75, 3.05) is 10.2 Å². The molecule has 2 heterocycles. The number of halogens is 1. The van der Waals surface area contributed by atoms with Crippen molar-refractivity contribution < 1.29 is 14.0 Å². The second kappa shape index (κ2) is 7.57. The van der Waals surface area contributed by atoms with Crippen LogP contribution in [0.5, 0.6) is 0 Å². The summed E-state index contributed by atoms with van der Waals surface area (Å²) in [5.41, 5.74) is 3.87. The molecule has 1 saturated carbocycles. The van der Waals surface area contributed by atoms with Gasteiger partial charge in [0.05, 0.1) is 11.3 Å². The van der Waals surface area contributed by atoms with Crippen LogP contribution < -0.4 is 10.2 Å². The van der Waals surface area contributed by atoms with E-state index in [0.717, 1.165) is 46.6 Å². The Balaban J connectivity index is 1.40. The first-order chi connectivity index (χ1) is 14.9. The highest BCUT2D eigenvalue weighted by Crippen LogP contribution is 2.41. The van der Waals surface area contributed by atoms with E-state index in [9.17, 15) is 14.0 Å². The monoisotopic (exact) mass is 435 g/mol. The summed E-state index contributed by atoms with van der Waals surface area (Å²) in [5.74, 6) is -0.654. The molecule has 2 aromatic carbocycles. The molecule has 1 fully saturated rings. The predicted molar refractivity (Wildman–Crippen MR) is 120 cm³/mol. The third-order valence-corrected chi connectivity index (χ3v) is 6.75. The third-order valence-electron chi connectivity index (χ3n) is 5.87. The van der Waals surface area contributed by atoms with Crippen molar-refractivity contribution in [3.8, 4) is 11.3 Å². The molecule has 7 heteroatoms. The second-order valence-electron chi connectivity index (χ2n) is 8.24. The molecule has 2 aliphatic rings. The van der Waals surface area contributed by atoms with E-state index in [1.807, 2.05) is 24.0 Å². The van der Waals surface area contributed by atoms with Gasteiger partial charge in [-0.05, 0) is 62.9 Å². The number of thiazole rings is 1. The summed E-state index contributed by atoms with van der Waals surface area (Å²) in [5, 5.41) is 3.14. The van der Waals surface area contributed by atoms with E-state index in [4.69, 9.17) is 0 Å². The molecule has 1 aromatic heterocycles. The lowest BCUT2D eigenvalue weighted by molar-refractivity contribution is -0.120. The van der Waals surface area contributed by atoms with Gasteiger partial charge in [0.25, 0.3) is 5.91 Å².